The maximum atomic E-state index is 13.1. The van der Waals surface area contributed by atoms with Gasteiger partial charge < -0.3 is 4.74 Å². The number of benzene rings is 2. The summed E-state index contributed by atoms with van der Waals surface area (Å²) in [6.07, 6.45) is 0.919. The van der Waals surface area contributed by atoms with E-state index >= 15 is 0 Å². The number of halogens is 2. The van der Waals surface area contributed by atoms with Gasteiger partial charge in [-0.25, -0.2) is 4.39 Å². The quantitative estimate of drug-likeness (QED) is 0.715. The summed E-state index contributed by atoms with van der Waals surface area (Å²) in [6, 6.07) is 9.40. The van der Waals surface area contributed by atoms with Crippen molar-refractivity contribution in [2.24, 2.45) is 0 Å². The van der Waals surface area contributed by atoms with Gasteiger partial charge in [-0.15, -0.1) is 0 Å². The van der Waals surface area contributed by atoms with Crippen LogP contribution < -0.4 is 4.74 Å². The van der Waals surface area contributed by atoms with Gasteiger partial charge in [-0.1, -0.05) is 6.92 Å². The fraction of sp³-hybridized carbons (Fsp3) is 0.235. The molecule has 0 radical (unpaired) electrons. The molecule has 0 aliphatic carbocycles. The summed E-state index contributed by atoms with van der Waals surface area (Å²) in [4.78, 5) is 12.5. The lowest BCUT2D eigenvalue weighted by Crippen LogP contribution is -2.05. The van der Waals surface area contributed by atoms with Crippen LogP contribution in [0.25, 0.3) is 0 Å². The first-order valence-electron chi connectivity index (χ1n) is 6.76. The Bertz CT molecular complexity index is 668. The Morgan fingerprint density at radius 1 is 1.24 bits per heavy atom. The molecular weight excluding hydrogens is 335 g/mol. The Labute approximate surface area is 132 Å². The van der Waals surface area contributed by atoms with Gasteiger partial charge in [0.15, 0.2) is 5.78 Å². The van der Waals surface area contributed by atoms with Crippen molar-refractivity contribution >= 4 is 21.7 Å². The zero-order chi connectivity index (χ0) is 15.4. The molecule has 0 atom stereocenters. The van der Waals surface area contributed by atoms with E-state index in [9.17, 15) is 9.18 Å². The number of carbonyl (C=O) groups excluding carboxylic acids is 1. The van der Waals surface area contributed by atoms with Crippen LogP contribution in [0.2, 0.25) is 0 Å². The molecule has 0 fully saturated rings. The minimum Gasteiger partial charge on any atom is -0.492 e. The molecule has 0 aliphatic rings. The zero-order valence-corrected chi connectivity index (χ0v) is 13.5. The van der Waals surface area contributed by atoms with Crippen molar-refractivity contribution in [3.8, 4) is 5.75 Å². The van der Waals surface area contributed by atoms with E-state index in [-0.39, 0.29) is 11.6 Å². The Morgan fingerprint density at radius 3 is 2.62 bits per heavy atom. The molecule has 0 heterocycles. The molecule has 0 aromatic heterocycles. The average Bonchev–Trinajstić information content (AvgIpc) is 2.45. The number of hydrogen-bond acceptors (Lipinski definition) is 2. The first kappa shape index (κ1) is 15.7. The highest BCUT2D eigenvalue weighted by Gasteiger charge is 2.14. The third-order valence-corrected chi connectivity index (χ3v) is 3.71. The SMILES string of the molecule is CCCOc1ccc(C(=O)c2ccc(F)cc2C)cc1Br. The minimum absolute atomic E-state index is 0.129. The van der Waals surface area contributed by atoms with E-state index in [0.29, 0.717) is 29.0 Å². The van der Waals surface area contributed by atoms with Crippen LogP contribution in [0, 0.1) is 12.7 Å². The summed E-state index contributed by atoms with van der Waals surface area (Å²) in [7, 11) is 0. The van der Waals surface area contributed by atoms with E-state index < -0.39 is 0 Å². The van der Waals surface area contributed by atoms with Crippen molar-refractivity contribution in [3.05, 3.63) is 63.4 Å². The summed E-state index contributed by atoms with van der Waals surface area (Å²) in [5.74, 6) is 0.244. The van der Waals surface area contributed by atoms with Crippen LogP contribution in [0.1, 0.15) is 34.8 Å². The lowest BCUT2D eigenvalue weighted by molar-refractivity contribution is 0.103. The Morgan fingerprint density at radius 2 is 2.00 bits per heavy atom. The smallest absolute Gasteiger partial charge is 0.193 e. The summed E-state index contributed by atoms with van der Waals surface area (Å²) in [5.41, 5.74) is 1.67. The van der Waals surface area contributed by atoms with Crippen molar-refractivity contribution in [1.29, 1.82) is 0 Å². The third kappa shape index (κ3) is 3.70. The normalized spacial score (nSPS) is 10.5. The molecule has 2 aromatic rings. The summed E-state index contributed by atoms with van der Waals surface area (Å²) in [6.45, 7) is 4.39. The molecule has 21 heavy (non-hydrogen) atoms. The van der Waals surface area contributed by atoms with E-state index in [1.54, 1.807) is 25.1 Å². The van der Waals surface area contributed by atoms with Crippen LogP contribution in [-0.2, 0) is 0 Å². The number of rotatable bonds is 5. The molecule has 0 unspecified atom stereocenters. The van der Waals surface area contributed by atoms with Gasteiger partial charge >= 0.3 is 0 Å². The molecule has 0 amide bonds. The van der Waals surface area contributed by atoms with Crippen molar-refractivity contribution < 1.29 is 13.9 Å². The molecule has 0 N–H and O–H groups in total. The van der Waals surface area contributed by atoms with Gasteiger partial charge in [-0.05, 0) is 71.2 Å². The predicted molar refractivity (Wildman–Crippen MR) is 84.5 cm³/mol. The molecular formula is C17H16BrFO2. The van der Waals surface area contributed by atoms with Crippen molar-refractivity contribution in [3.63, 3.8) is 0 Å². The van der Waals surface area contributed by atoms with Gasteiger partial charge in [0.1, 0.15) is 11.6 Å². The number of hydrogen-bond donors (Lipinski definition) is 0. The molecule has 0 spiro atoms. The topological polar surface area (TPSA) is 26.3 Å². The van der Waals surface area contributed by atoms with Gasteiger partial charge in [-0.2, -0.15) is 0 Å². The summed E-state index contributed by atoms with van der Waals surface area (Å²) >= 11 is 3.41. The minimum atomic E-state index is -0.339. The molecule has 2 rings (SSSR count). The maximum absolute atomic E-state index is 13.1. The van der Waals surface area contributed by atoms with Gasteiger partial charge in [0.2, 0.25) is 0 Å². The van der Waals surface area contributed by atoms with E-state index in [1.165, 1.54) is 18.2 Å². The second-order valence-electron chi connectivity index (χ2n) is 4.78. The predicted octanol–water partition coefficient (Wildman–Crippen LogP) is 4.92. The molecule has 0 aliphatic heterocycles. The highest BCUT2D eigenvalue weighted by Crippen LogP contribution is 2.27. The van der Waals surface area contributed by atoms with Crippen LogP contribution in [0.5, 0.6) is 5.75 Å². The van der Waals surface area contributed by atoms with Gasteiger partial charge in [0.25, 0.3) is 0 Å². The second kappa shape index (κ2) is 6.85. The summed E-state index contributed by atoms with van der Waals surface area (Å²) in [5, 5.41) is 0. The molecule has 0 saturated heterocycles. The zero-order valence-electron chi connectivity index (χ0n) is 12.0. The van der Waals surface area contributed by atoms with E-state index in [0.717, 1.165) is 10.9 Å². The fourth-order valence-corrected chi connectivity index (χ4v) is 2.50. The number of ketones is 1. The van der Waals surface area contributed by atoms with Crippen LogP contribution in [-0.4, -0.2) is 12.4 Å². The highest BCUT2D eigenvalue weighted by atomic mass is 79.9. The van der Waals surface area contributed by atoms with Crippen molar-refractivity contribution in [2.45, 2.75) is 20.3 Å². The molecule has 2 nitrogen and oxygen atoms in total. The highest BCUT2D eigenvalue weighted by molar-refractivity contribution is 9.10. The van der Waals surface area contributed by atoms with Crippen LogP contribution in [0.15, 0.2) is 40.9 Å². The van der Waals surface area contributed by atoms with Crippen LogP contribution in [0.3, 0.4) is 0 Å². The standard InChI is InChI=1S/C17H16BrFO2/c1-3-8-21-16-7-4-12(10-15(16)18)17(20)14-6-5-13(19)9-11(14)2/h4-7,9-10H,3,8H2,1-2H3. The van der Waals surface area contributed by atoms with Gasteiger partial charge in [0.05, 0.1) is 11.1 Å². The Kier molecular flexibility index (Phi) is 5.12. The second-order valence-corrected chi connectivity index (χ2v) is 5.64. The van der Waals surface area contributed by atoms with E-state index in [1.807, 2.05) is 6.92 Å². The molecule has 0 saturated carbocycles. The molecule has 2 aromatic carbocycles. The lowest BCUT2D eigenvalue weighted by atomic mass is 9.99. The third-order valence-electron chi connectivity index (χ3n) is 3.09. The first-order valence-corrected chi connectivity index (χ1v) is 7.55. The van der Waals surface area contributed by atoms with Crippen molar-refractivity contribution in [2.75, 3.05) is 6.61 Å². The first-order chi connectivity index (χ1) is 10.0. The number of aryl methyl sites for hydroxylation is 1. The van der Waals surface area contributed by atoms with Crippen molar-refractivity contribution in [1.82, 2.24) is 0 Å². The van der Waals surface area contributed by atoms with Gasteiger partial charge in [-0.3, -0.25) is 4.79 Å². The van der Waals surface area contributed by atoms with E-state index in [4.69, 9.17) is 4.74 Å². The lowest BCUT2D eigenvalue weighted by Gasteiger charge is -2.09. The average molecular weight is 351 g/mol. The Balaban J connectivity index is 2.29. The molecule has 110 valence electrons. The van der Waals surface area contributed by atoms with Gasteiger partial charge in [0, 0.05) is 11.1 Å². The monoisotopic (exact) mass is 350 g/mol. The van der Waals surface area contributed by atoms with Crippen LogP contribution >= 0.6 is 15.9 Å². The molecule has 0 bridgehead atoms. The number of ether oxygens (including phenoxy) is 1. The maximum Gasteiger partial charge on any atom is 0.193 e. The van der Waals surface area contributed by atoms with Crippen LogP contribution in [0.4, 0.5) is 4.39 Å². The Hall–Kier alpha value is -1.68. The largest absolute Gasteiger partial charge is 0.492 e. The van der Waals surface area contributed by atoms with E-state index in [2.05, 4.69) is 15.9 Å². The molecule has 4 heteroatoms. The summed E-state index contributed by atoms with van der Waals surface area (Å²) < 4.78 is 19.4. The number of carbonyl (C=O) groups is 1. The fourth-order valence-electron chi connectivity index (χ4n) is 2.01.